The molecule has 7 nitrogen and oxygen atoms in total. The molecule has 2 aromatic rings. The number of nitriles is 1. The molecule has 1 aromatic carbocycles. The van der Waals surface area contributed by atoms with Crippen molar-refractivity contribution in [2.24, 2.45) is 0 Å². The van der Waals surface area contributed by atoms with Gasteiger partial charge in [0, 0.05) is 12.1 Å². The normalized spacial score (nSPS) is 10.7. The number of nitro groups is 1. The summed E-state index contributed by atoms with van der Waals surface area (Å²) in [5, 5.41) is 21.1. The molecule has 24 heavy (non-hydrogen) atoms. The molecule has 1 aromatic heterocycles. The summed E-state index contributed by atoms with van der Waals surface area (Å²) >= 11 is 5.80. The van der Waals surface area contributed by atoms with Crippen LogP contribution in [0.3, 0.4) is 0 Å². The van der Waals surface area contributed by atoms with E-state index in [0.29, 0.717) is 5.02 Å². The quantitative estimate of drug-likeness (QED) is 0.661. The van der Waals surface area contributed by atoms with Crippen molar-refractivity contribution in [1.29, 1.82) is 5.26 Å². The summed E-state index contributed by atoms with van der Waals surface area (Å²) in [5.41, 5.74) is -0.709. The average molecular weight is 346 g/mol. The predicted molar refractivity (Wildman–Crippen MR) is 89.5 cm³/mol. The number of aromatic nitrogens is 1. The minimum Gasteiger partial charge on any atom is -0.380 e. The Balaban J connectivity index is 2.61. The lowest BCUT2D eigenvalue weighted by Gasteiger charge is -2.06. The topological polar surface area (TPSA) is 109 Å². The fraction of sp³-hybridized carbons (Fsp3) is 0.125. The molecule has 0 radical (unpaired) electrons. The third-order valence-electron chi connectivity index (χ3n) is 3.21. The SMILES string of the molecule is COCc1c([N+](=O)[O-])c(/C=C/c2ccc(Cl)cc2)[nH]c(=O)c1C#N. The molecule has 122 valence electrons. The largest absolute Gasteiger partial charge is 0.380 e. The van der Waals surface area contributed by atoms with E-state index in [1.54, 1.807) is 36.4 Å². The summed E-state index contributed by atoms with van der Waals surface area (Å²) in [7, 11) is 1.33. The van der Waals surface area contributed by atoms with Gasteiger partial charge in [-0.2, -0.15) is 5.26 Å². The fourth-order valence-corrected chi connectivity index (χ4v) is 2.27. The molecule has 0 amide bonds. The Bertz CT molecular complexity index is 895. The van der Waals surface area contributed by atoms with Crippen molar-refractivity contribution < 1.29 is 9.66 Å². The Hall–Kier alpha value is -2.95. The van der Waals surface area contributed by atoms with E-state index in [1.165, 1.54) is 13.2 Å². The van der Waals surface area contributed by atoms with Crippen LogP contribution in [0.1, 0.15) is 22.4 Å². The number of benzene rings is 1. The molecular formula is C16H12ClN3O4. The van der Waals surface area contributed by atoms with Crippen LogP contribution in [0.4, 0.5) is 5.69 Å². The zero-order valence-electron chi connectivity index (χ0n) is 12.6. The number of ether oxygens (including phenoxy) is 1. The number of methoxy groups -OCH3 is 1. The van der Waals surface area contributed by atoms with Gasteiger partial charge in [0.15, 0.2) is 0 Å². The Kier molecular flexibility index (Phi) is 5.47. The second-order valence-electron chi connectivity index (χ2n) is 4.76. The second kappa shape index (κ2) is 7.55. The van der Waals surface area contributed by atoms with Crippen LogP contribution in [-0.4, -0.2) is 17.0 Å². The van der Waals surface area contributed by atoms with Crippen molar-refractivity contribution >= 4 is 29.4 Å². The van der Waals surface area contributed by atoms with Crippen molar-refractivity contribution in [3.8, 4) is 6.07 Å². The average Bonchev–Trinajstić information content (AvgIpc) is 2.54. The Morgan fingerprint density at radius 1 is 1.38 bits per heavy atom. The van der Waals surface area contributed by atoms with Gasteiger partial charge >= 0.3 is 0 Å². The van der Waals surface area contributed by atoms with E-state index in [2.05, 4.69) is 4.98 Å². The summed E-state index contributed by atoms with van der Waals surface area (Å²) in [4.78, 5) is 25.1. The highest BCUT2D eigenvalue weighted by molar-refractivity contribution is 6.30. The molecular weight excluding hydrogens is 334 g/mol. The molecule has 0 saturated carbocycles. The zero-order valence-corrected chi connectivity index (χ0v) is 13.3. The first-order chi connectivity index (χ1) is 11.5. The summed E-state index contributed by atoms with van der Waals surface area (Å²) in [5.74, 6) is 0. The van der Waals surface area contributed by atoms with Gasteiger partial charge in [-0.1, -0.05) is 29.8 Å². The van der Waals surface area contributed by atoms with Crippen LogP contribution in [0.5, 0.6) is 0 Å². The third-order valence-corrected chi connectivity index (χ3v) is 3.47. The van der Waals surface area contributed by atoms with Crippen molar-refractivity contribution in [1.82, 2.24) is 4.98 Å². The molecule has 2 rings (SSSR count). The number of nitrogens with one attached hydrogen (secondary N) is 1. The molecule has 0 saturated heterocycles. The van der Waals surface area contributed by atoms with Crippen LogP contribution < -0.4 is 5.56 Å². The molecule has 0 bridgehead atoms. The molecule has 8 heteroatoms. The van der Waals surface area contributed by atoms with Gasteiger partial charge in [-0.25, -0.2) is 0 Å². The molecule has 0 atom stereocenters. The van der Waals surface area contributed by atoms with Crippen LogP contribution in [0, 0.1) is 21.4 Å². The molecule has 1 heterocycles. The van der Waals surface area contributed by atoms with Crippen LogP contribution in [-0.2, 0) is 11.3 Å². The number of pyridine rings is 1. The first-order valence-corrected chi connectivity index (χ1v) is 7.12. The molecule has 0 unspecified atom stereocenters. The van der Waals surface area contributed by atoms with Crippen LogP contribution in [0.25, 0.3) is 12.2 Å². The smallest absolute Gasteiger partial charge is 0.299 e. The monoisotopic (exact) mass is 345 g/mol. The maximum Gasteiger partial charge on any atom is 0.299 e. The lowest BCUT2D eigenvalue weighted by molar-refractivity contribution is -0.386. The molecule has 0 spiro atoms. The minimum atomic E-state index is -0.703. The summed E-state index contributed by atoms with van der Waals surface area (Å²) in [6.45, 7) is -0.217. The Morgan fingerprint density at radius 3 is 2.58 bits per heavy atom. The van der Waals surface area contributed by atoms with E-state index < -0.39 is 10.5 Å². The molecule has 0 aliphatic rings. The van der Waals surface area contributed by atoms with Gasteiger partial charge in [0.1, 0.15) is 17.3 Å². The van der Waals surface area contributed by atoms with Crippen molar-refractivity contribution in [2.45, 2.75) is 6.61 Å². The maximum absolute atomic E-state index is 12.0. The predicted octanol–water partition coefficient (Wildman–Crippen LogP) is 3.12. The highest BCUT2D eigenvalue weighted by Gasteiger charge is 2.25. The van der Waals surface area contributed by atoms with Crippen LogP contribution >= 0.6 is 11.6 Å². The van der Waals surface area contributed by atoms with Gasteiger partial charge in [-0.05, 0) is 23.8 Å². The number of hydrogen-bond donors (Lipinski definition) is 1. The van der Waals surface area contributed by atoms with Gasteiger partial charge in [-0.3, -0.25) is 14.9 Å². The molecule has 0 aliphatic carbocycles. The standard InChI is InChI=1S/C16H12ClN3O4/c1-24-9-13-12(8-18)16(21)19-14(15(13)20(22)23)7-4-10-2-5-11(17)6-3-10/h2-7H,9H2,1H3,(H,19,21)/b7-4+. The summed E-state index contributed by atoms with van der Waals surface area (Å²) in [6.07, 6.45) is 3.00. The Morgan fingerprint density at radius 2 is 2.04 bits per heavy atom. The number of hydrogen-bond acceptors (Lipinski definition) is 5. The van der Waals surface area contributed by atoms with Gasteiger partial charge in [0.05, 0.1) is 17.1 Å². The van der Waals surface area contributed by atoms with E-state index in [4.69, 9.17) is 21.6 Å². The minimum absolute atomic E-state index is 0.00833. The highest BCUT2D eigenvalue weighted by atomic mass is 35.5. The van der Waals surface area contributed by atoms with Gasteiger partial charge in [0.2, 0.25) is 0 Å². The van der Waals surface area contributed by atoms with Gasteiger partial charge in [0.25, 0.3) is 11.2 Å². The number of nitrogens with zero attached hydrogens (tertiary/aromatic N) is 2. The zero-order chi connectivity index (χ0) is 17.7. The first-order valence-electron chi connectivity index (χ1n) is 6.74. The van der Waals surface area contributed by atoms with Gasteiger partial charge in [-0.15, -0.1) is 0 Å². The van der Waals surface area contributed by atoms with Crippen molar-refractivity contribution in [3.63, 3.8) is 0 Å². The van der Waals surface area contributed by atoms with Crippen LogP contribution in [0.15, 0.2) is 29.1 Å². The van der Waals surface area contributed by atoms with Crippen molar-refractivity contribution in [3.05, 3.63) is 72.1 Å². The van der Waals surface area contributed by atoms with E-state index in [-0.39, 0.29) is 29.1 Å². The van der Waals surface area contributed by atoms with E-state index in [9.17, 15) is 14.9 Å². The second-order valence-corrected chi connectivity index (χ2v) is 5.19. The lowest BCUT2D eigenvalue weighted by Crippen LogP contribution is -2.18. The third kappa shape index (κ3) is 3.68. The van der Waals surface area contributed by atoms with E-state index in [0.717, 1.165) is 5.56 Å². The van der Waals surface area contributed by atoms with Crippen LogP contribution in [0.2, 0.25) is 5.02 Å². The Labute approximate surface area is 141 Å². The number of rotatable bonds is 5. The molecule has 0 fully saturated rings. The van der Waals surface area contributed by atoms with E-state index in [1.807, 2.05) is 0 Å². The summed E-state index contributed by atoms with van der Waals surface area (Å²) < 4.78 is 4.90. The van der Waals surface area contributed by atoms with Crippen molar-refractivity contribution in [2.75, 3.05) is 7.11 Å². The molecule has 0 aliphatic heterocycles. The highest BCUT2D eigenvalue weighted by Crippen LogP contribution is 2.26. The maximum atomic E-state index is 12.0. The fourth-order valence-electron chi connectivity index (χ4n) is 2.15. The van der Waals surface area contributed by atoms with Gasteiger partial charge < -0.3 is 9.72 Å². The lowest BCUT2D eigenvalue weighted by atomic mass is 10.1. The first kappa shape index (κ1) is 17.4. The molecule has 1 N–H and O–H groups in total. The number of halogens is 1. The summed E-state index contributed by atoms with van der Waals surface area (Å²) in [6, 6.07) is 8.48. The number of H-pyrrole nitrogens is 1. The number of aromatic amines is 1. The van der Waals surface area contributed by atoms with E-state index >= 15 is 0 Å².